The van der Waals surface area contributed by atoms with Gasteiger partial charge in [-0.25, -0.2) is 29.7 Å². The molecule has 196 valence electrons. The van der Waals surface area contributed by atoms with Gasteiger partial charge in [-0.15, -0.1) is 0 Å². The van der Waals surface area contributed by atoms with Gasteiger partial charge in [0.25, 0.3) is 0 Å². The van der Waals surface area contributed by atoms with Crippen molar-refractivity contribution in [2.24, 2.45) is 5.41 Å². The quantitative estimate of drug-likeness (QED) is 0.330. The average molecular weight is 533 g/mol. The van der Waals surface area contributed by atoms with Crippen LogP contribution < -0.4 is 15.5 Å². The van der Waals surface area contributed by atoms with Crippen LogP contribution in [-0.4, -0.2) is 61.7 Å². The van der Waals surface area contributed by atoms with Crippen LogP contribution in [0, 0.1) is 12.3 Å². The SMILES string of the molecule is CCNC(=O)Nc1nc2cc(-c3cnc(N4CCC(C)(C(=O)O)CC4)nc3)cc(-c3nccc(C)n3)c2s1. The number of carboxylic acids is 1. The molecule has 0 unspecified atom stereocenters. The van der Waals surface area contributed by atoms with Crippen molar-refractivity contribution in [3.8, 4) is 22.5 Å². The molecule has 12 heteroatoms. The minimum absolute atomic E-state index is 0.314. The number of amides is 2. The number of fused-ring (bicyclic) bond motifs is 1. The molecule has 2 amide bonds. The first-order valence-electron chi connectivity index (χ1n) is 12.4. The minimum Gasteiger partial charge on any atom is -0.481 e. The largest absolute Gasteiger partial charge is 0.481 e. The number of rotatable bonds is 6. The molecule has 3 N–H and O–H groups in total. The van der Waals surface area contributed by atoms with Crippen LogP contribution in [0.4, 0.5) is 15.9 Å². The first kappa shape index (κ1) is 25.5. The van der Waals surface area contributed by atoms with E-state index in [1.165, 1.54) is 11.3 Å². The summed E-state index contributed by atoms with van der Waals surface area (Å²) in [4.78, 5) is 48.6. The molecule has 4 aromatic rings. The Morgan fingerprint density at radius 1 is 1.11 bits per heavy atom. The number of carbonyl (C=O) groups is 2. The molecule has 0 saturated carbocycles. The van der Waals surface area contributed by atoms with Gasteiger partial charge in [-0.3, -0.25) is 10.1 Å². The van der Waals surface area contributed by atoms with Crippen LogP contribution in [-0.2, 0) is 4.79 Å². The summed E-state index contributed by atoms with van der Waals surface area (Å²) < 4.78 is 0.860. The van der Waals surface area contributed by atoms with E-state index in [1.807, 2.05) is 36.9 Å². The van der Waals surface area contributed by atoms with E-state index in [9.17, 15) is 14.7 Å². The number of anilines is 2. The minimum atomic E-state index is -0.761. The van der Waals surface area contributed by atoms with Gasteiger partial charge in [0.15, 0.2) is 11.0 Å². The highest BCUT2D eigenvalue weighted by Crippen LogP contribution is 2.38. The number of nitrogens with zero attached hydrogens (tertiary/aromatic N) is 6. The molecule has 11 nitrogen and oxygen atoms in total. The molecule has 0 aliphatic carbocycles. The van der Waals surface area contributed by atoms with Gasteiger partial charge in [0.1, 0.15) is 0 Å². The summed E-state index contributed by atoms with van der Waals surface area (Å²) >= 11 is 1.36. The fourth-order valence-corrected chi connectivity index (χ4v) is 5.30. The Balaban J connectivity index is 1.48. The average Bonchev–Trinajstić information content (AvgIpc) is 3.31. The molecule has 0 bridgehead atoms. The van der Waals surface area contributed by atoms with Crippen molar-refractivity contribution in [2.75, 3.05) is 29.9 Å². The predicted octanol–water partition coefficient (Wildman–Crippen LogP) is 4.35. The van der Waals surface area contributed by atoms with Gasteiger partial charge in [0.2, 0.25) is 5.95 Å². The summed E-state index contributed by atoms with van der Waals surface area (Å²) in [6, 6.07) is 5.45. The highest BCUT2D eigenvalue weighted by molar-refractivity contribution is 7.22. The maximum Gasteiger partial charge on any atom is 0.321 e. The second kappa shape index (κ2) is 10.3. The number of hydrogen-bond acceptors (Lipinski definition) is 9. The normalized spacial score (nSPS) is 14.9. The lowest BCUT2D eigenvalue weighted by atomic mass is 9.80. The molecule has 0 atom stereocenters. The second-order valence-corrected chi connectivity index (χ2v) is 10.5. The van der Waals surface area contributed by atoms with Gasteiger partial charge in [-0.05, 0) is 57.4 Å². The highest BCUT2D eigenvalue weighted by Gasteiger charge is 2.37. The molecule has 1 aliphatic rings. The zero-order chi connectivity index (χ0) is 26.9. The zero-order valence-corrected chi connectivity index (χ0v) is 22.2. The highest BCUT2D eigenvalue weighted by atomic mass is 32.1. The van der Waals surface area contributed by atoms with Gasteiger partial charge in [0, 0.05) is 55.0 Å². The summed E-state index contributed by atoms with van der Waals surface area (Å²) in [7, 11) is 0. The van der Waals surface area contributed by atoms with E-state index in [1.54, 1.807) is 25.5 Å². The molecular weight excluding hydrogens is 504 g/mol. The summed E-state index contributed by atoms with van der Waals surface area (Å²) in [6.45, 7) is 7.23. The third-order valence-electron chi connectivity index (χ3n) is 6.72. The third-order valence-corrected chi connectivity index (χ3v) is 7.74. The number of benzene rings is 1. The number of aromatic nitrogens is 5. The third kappa shape index (κ3) is 5.12. The van der Waals surface area contributed by atoms with Gasteiger partial charge in [-0.2, -0.15) is 0 Å². The molecular formula is C26H28N8O3S. The number of urea groups is 1. The van der Waals surface area contributed by atoms with Crippen molar-refractivity contribution >= 4 is 44.6 Å². The number of aryl methyl sites for hydroxylation is 1. The number of thiazole rings is 1. The lowest BCUT2D eigenvalue weighted by molar-refractivity contribution is -0.149. The Kier molecular flexibility index (Phi) is 6.89. The molecule has 5 rings (SSSR count). The summed E-state index contributed by atoms with van der Waals surface area (Å²) in [5.74, 6) is 0.382. The molecule has 1 aliphatic heterocycles. The Hall–Kier alpha value is -4.19. The van der Waals surface area contributed by atoms with Crippen LogP contribution >= 0.6 is 11.3 Å². The Morgan fingerprint density at radius 2 is 1.84 bits per heavy atom. The van der Waals surface area contributed by atoms with E-state index >= 15 is 0 Å². The zero-order valence-electron chi connectivity index (χ0n) is 21.4. The molecule has 4 heterocycles. The number of carbonyl (C=O) groups excluding carboxylic acids is 1. The summed E-state index contributed by atoms with van der Waals surface area (Å²) in [5.41, 5.74) is 3.27. The molecule has 1 aromatic carbocycles. The van der Waals surface area contributed by atoms with Crippen LogP contribution in [0.5, 0.6) is 0 Å². The molecule has 38 heavy (non-hydrogen) atoms. The van der Waals surface area contributed by atoms with E-state index in [4.69, 9.17) is 0 Å². The molecule has 1 saturated heterocycles. The van der Waals surface area contributed by atoms with Crippen molar-refractivity contribution in [3.63, 3.8) is 0 Å². The second-order valence-electron chi connectivity index (χ2n) is 9.52. The number of aliphatic carboxylic acids is 1. The Labute approximate surface area is 223 Å². The van der Waals surface area contributed by atoms with Crippen LogP contribution in [0.15, 0.2) is 36.8 Å². The summed E-state index contributed by atoms with van der Waals surface area (Å²) in [6.07, 6.45) is 6.32. The van der Waals surface area contributed by atoms with Crippen LogP contribution in [0.3, 0.4) is 0 Å². The smallest absolute Gasteiger partial charge is 0.321 e. The molecule has 0 spiro atoms. The standard InChI is InChI=1S/C26H28N8O3S/c1-4-27-24(37)33-25-32-19-12-16(11-18(20(19)38-25)21-28-8-5-15(2)31-21)17-13-29-23(30-14-17)34-9-6-26(3,7-10-34)22(35)36/h5,8,11-14H,4,6-7,9-10H2,1-3H3,(H,35,36)(H2,27,32,33,37). The van der Waals surface area contributed by atoms with Gasteiger partial charge in [-0.1, -0.05) is 11.3 Å². The number of piperidine rings is 1. The maximum atomic E-state index is 12.1. The topological polar surface area (TPSA) is 146 Å². The Morgan fingerprint density at radius 3 is 2.50 bits per heavy atom. The maximum absolute atomic E-state index is 12.1. The number of hydrogen-bond donors (Lipinski definition) is 3. The van der Waals surface area contributed by atoms with Gasteiger partial charge < -0.3 is 15.3 Å². The number of nitrogens with one attached hydrogen (secondary N) is 2. The lowest BCUT2D eigenvalue weighted by Crippen LogP contribution is -2.43. The fraction of sp³-hybridized carbons (Fsp3) is 0.346. The molecule has 3 aromatic heterocycles. The molecule has 0 radical (unpaired) electrons. The van der Waals surface area contributed by atoms with Crippen molar-refractivity contribution in [1.82, 2.24) is 30.2 Å². The first-order chi connectivity index (χ1) is 18.3. The fourth-order valence-electron chi connectivity index (χ4n) is 4.35. The van der Waals surface area contributed by atoms with Crippen LogP contribution in [0.1, 0.15) is 32.4 Å². The van der Waals surface area contributed by atoms with E-state index in [-0.39, 0.29) is 6.03 Å². The van der Waals surface area contributed by atoms with Crippen molar-refractivity contribution in [2.45, 2.75) is 33.6 Å². The van der Waals surface area contributed by atoms with Crippen molar-refractivity contribution in [1.29, 1.82) is 0 Å². The van der Waals surface area contributed by atoms with E-state index < -0.39 is 11.4 Å². The Bertz CT molecular complexity index is 1500. The molecule has 1 fully saturated rings. The van der Waals surface area contributed by atoms with E-state index in [2.05, 4.69) is 35.6 Å². The van der Waals surface area contributed by atoms with Crippen LogP contribution in [0.2, 0.25) is 0 Å². The van der Waals surface area contributed by atoms with E-state index in [0.29, 0.717) is 54.9 Å². The van der Waals surface area contributed by atoms with E-state index in [0.717, 1.165) is 27.1 Å². The lowest BCUT2D eigenvalue weighted by Gasteiger charge is -2.36. The van der Waals surface area contributed by atoms with Gasteiger partial charge in [0.05, 0.1) is 15.6 Å². The van der Waals surface area contributed by atoms with Crippen molar-refractivity contribution in [3.05, 3.63) is 42.5 Å². The monoisotopic (exact) mass is 532 g/mol. The van der Waals surface area contributed by atoms with Crippen molar-refractivity contribution < 1.29 is 14.7 Å². The number of carboxylic acid groups (broad SMARTS) is 1. The predicted molar refractivity (Wildman–Crippen MR) is 146 cm³/mol. The van der Waals surface area contributed by atoms with Crippen LogP contribution in [0.25, 0.3) is 32.7 Å². The van der Waals surface area contributed by atoms with Gasteiger partial charge >= 0.3 is 12.0 Å². The summed E-state index contributed by atoms with van der Waals surface area (Å²) in [5, 5.41) is 15.5. The first-order valence-corrected chi connectivity index (χ1v) is 13.2.